The lowest BCUT2D eigenvalue weighted by Crippen LogP contribution is -2.50. The van der Waals surface area contributed by atoms with Gasteiger partial charge in [0, 0.05) is 0 Å². The quantitative estimate of drug-likeness (QED) is 0.752. The highest BCUT2D eigenvalue weighted by Gasteiger charge is 2.52. The van der Waals surface area contributed by atoms with Gasteiger partial charge in [-0.2, -0.15) is 0 Å². The lowest BCUT2D eigenvalue weighted by Gasteiger charge is -2.47. The molecular weight excluding hydrogens is 240 g/mol. The van der Waals surface area contributed by atoms with E-state index in [4.69, 9.17) is 0 Å². The SMILES string of the molecule is C=C[C@@](C(=O)O)([C@@H](C)O)[C@H]1C[C@@H](C)CC[C@@H]1C(C)C. The summed E-state index contributed by atoms with van der Waals surface area (Å²) >= 11 is 0. The third kappa shape index (κ3) is 2.86. The van der Waals surface area contributed by atoms with Crippen LogP contribution in [0.3, 0.4) is 0 Å². The number of aliphatic carboxylic acids is 1. The molecule has 1 aliphatic rings. The highest BCUT2D eigenvalue weighted by atomic mass is 16.4. The zero-order chi connectivity index (χ0) is 14.8. The molecule has 1 saturated carbocycles. The van der Waals surface area contributed by atoms with Crippen LogP contribution in [-0.2, 0) is 4.79 Å². The monoisotopic (exact) mass is 268 g/mol. The fourth-order valence-corrected chi connectivity index (χ4v) is 3.81. The van der Waals surface area contributed by atoms with Crippen molar-refractivity contribution in [1.29, 1.82) is 0 Å². The van der Waals surface area contributed by atoms with E-state index in [0.29, 0.717) is 17.8 Å². The molecule has 0 heterocycles. The van der Waals surface area contributed by atoms with E-state index in [1.807, 2.05) is 0 Å². The normalized spacial score (nSPS) is 32.6. The van der Waals surface area contributed by atoms with Crippen LogP contribution in [0.15, 0.2) is 12.7 Å². The Morgan fingerprint density at radius 2 is 1.95 bits per heavy atom. The number of carboxylic acid groups (broad SMARTS) is 1. The van der Waals surface area contributed by atoms with Crippen molar-refractivity contribution in [2.45, 2.75) is 53.1 Å². The number of rotatable bonds is 5. The summed E-state index contributed by atoms with van der Waals surface area (Å²) in [7, 11) is 0. The van der Waals surface area contributed by atoms with Gasteiger partial charge in [0.25, 0.3) is 0 Å². The lowest BCUT2D eigenvalue weighted by molar-refractivity contribution is -0.160. The maximum Gasteiger partial charge on any atom is 0.316 e. The first-order valence-corrected chi connectivity index (χ1v) is 7.32. The standard InChI is InChI=1S/C16H28O3/c1-6-16(12(5)17,15(18)19)14-9-11(4)7-8-13(14)10(2)3/h6,10-14,17H,1,7-9H2,2-5H3,(H,18,19)/t11-,12+,13+,14-,16+/m0/s1. The predicted octanol–water partition coefficient (Wildman–Crippen LogP) is 3.33. The third-order valence-corrected chi connectivity index (χ3v) is 5.04. The molecule has 110 valence electrons. The summed E-state index contributed by atoms with van der Waals surface area (Å²) in [4.78, 5) is 11.8. The maximum atomic E-state index is 11.8. The van der Waals surface area contributed by atoms with Gasteiger partial charge < -0.3 is 10.2 Å². The van der Waals surface area contributed by atoms with Gasteiger partial charge in [-0.15, -0.1) is 6.58 Å². The smallest absolute Gasteiger partial charge is 0.316 e. The first-order valence-electron chi connectivity index (χ1n) is 7.32. The Morgan fingerprint density at radius 3 is 2.32 bits per heavy atom. The van der Waals surface area contributed by atoms with Crippen LogP contribution in [-0.4, -0.2) is 22.3 Å². The average molecular weight is 268 g/mol. The van der Waals surface area contributed by atoms with Gasteiger partial charge in [-0.1, -0.05) is 33.3 Å². The molecule has 1 fully saturated rings. The van der Waals surface area contributed by atoms with Crippen LogP contribution < -0.4 is 0 Å². The van der Waals surface area contributed by atoms with Crippen molar-refractivity contribution in [2.24, 2.45) is 29.1 Å². The van der Waals surface area contributed by atoms with E-state index < -0.39 is 17.5 Å². The van der Waals surface area contributed by atoms with Crippen molar-refractivity contribution in [3.8, 4) is 0 Å². The van der Waals surface area contributed by atoms with Crippen LogP contribution in [0.5, 0.6) is 0 Å². The van der Waals surface area contributed by atoms with Gasteiger partial charge in [0.1, 0.15) is 5.41 Å². The fraction of sp³-hybridized carbons (Fsp3) is 0.812. The second-order valence-electron chi connectivity index (χ2n) is 6.55. The minimum absolute atomic E-state index is 0.0359. The van der Waals surface area contributed by atoms with E-state index in [9.17, 15) is 15.0 Å². The third-order valence-electron chi connectivity index (χ3n) is 5.04. The van der Waals surface area contributed by atoms with Crippen molar-refractivity contribution >= 4 is 5.97 Å². The number of hydrogen-bond acceptors (Lipinski definition) is 2. The van der Waals surface area contributed by atoms with Crippen molar-refractivity contribution in [3.05, 3.63) is 12.7 Å². The highest BCUT2D eigenvalue weighted by Crippen LogP contribution is 2.49. The van der Waals surface area contributed by atoms with E-state index in [1.54, 1.807) is 6.92 Å². The fourth-order valence-electron chi connectivity index (χ4n) is 3.81. The van der Waals surface area contributed by atoms with Gasteiger partial charge in [0.05, 0.1) is 6.10 Å². The Hall–Kier alpha value is -0.830. The summed E-state index contributed by atoms with van der Waals surface area (Å²) in [5.74, 6) is 0.292. The number of aliphatic hydroxyl groups is 1. The number of carboxylic acids is 1. The molecule has 0 aromatic heterocycles. The first-order chi connectivity index (χ1) is 8.77. The lowest BCUT2D eigenvalue weighted by atomic mass is 9.57. The summed E-state index contributed by atoms with van der Waals surface area (Å²) in [5.41, 5.74) is -1.22. The van der Waals surface area contributed by atoms with E-state index in [2.05, 4.69) is 27.4 Å². The van der Waals surface area contributed by atoms with E-state index in [0.717, 1.165) is 19.3 Å². The predicted molar refractivity (Wildman–Crippen MR) is 76.8 cm³/mol. The zero-order valence-corrected chi connectivity index (χ0v) is 12.6. The molecule has 2 N–H and O–H groups in total. The van der Waals surface area contributed by atoms with Crippen LogP contribution in [0.4, 0.5) is 0 Å². The van der Waals surface area contributed by atoms with Crippen LogP contribution in [0.25, 0.3) is 0 Å². The number of aliphatic hydroxyl groups excluding tert-OH is 1. The van der Waals surface area contributed by atoms with Gasteiger partial charge in [0.15, 0.2) is 0 Å². The molecule has 0 unspecified atom stereocenters. The van der Waals surface area contributed by atoms with E-state index in [-0.39, 0.29) is 5.92 Å². The minimum Gasteiger partial charge on any atom is -0.481 e. The Bertz CT molecular complexity index is 335. The minimum atomic E-state index is -1.22. The van der Waals surface area contributed by atoms with Crippen LogP contribution in [0, 0.1) is 29.1 Å². The van der Waals surface area contributed by atoms with Gasteiger partial charge >= 0.3 is 5.97 Å². The largest absolute Gasteiger partial charge is 0.481 e. The van der Waals surface area contributed by atoms with Crippen LogP contribution in [0.1, 0.15) is 47.0 Å². The average Bonchev–Trinajstić information content (AvgIpc) is 2.29. The first kappa shape index (κ1) is 16.2. The molecule has 0 aromatic carbocycles. The highest BCUT2D eigenvalue weighted by molar-refractivity contribution is 5.78. The second-order valence-corrected chi connectivity index (χ2v) is 6.55. The molecule has 0 spiro atoms. The molecule has 0 aromatic rings. The number of carbonyl (C=O) groups is 1. The van der Waals surface area contributed by atoms with Crippen molar-refractivity contribution in [1.82, 2.24) is 0 Å². The summed E-state index contributed by atoms with van der Waals surface area (Å²) < 4.78 is 0. The van der Waals surface area contributed by atoms with Gasteiger partial charge in [-0.25, -0.2) is 0 Å². The molecule has 1 rings (SSSR count). The Balaban J connectivity index is 3.23. The molecular formula is C16H28O3. The zero-order valence-electron chi connectivity index (χ0n) is 12.6. The molecule has 1 aliphatic carbocycles. The van der Waals surface area contributed by atoms with Crippen LogP contribution in [0.2, 0.25) is 0 Å². The number of hydrogen-bond donors (Lipinski definition) is 2. The summed E-state index contributed by atoms with van der Waals surface area (Å²) in [6, 6.07) is 0. The molecule has 0 radical (unpaired) electrons. The topological polar surface area (TPSA) is 57.5 Å². The van der Waals surface area contributed by atoms with Gasteiger partial charge in [-0.05, 0) is 43.4 Å². The Labute approximate surface area is 116 Å². The second kappa shape index (κ2) is 6.08. The van der Waals surface area contributed by atoms with Crippen molar-refractivity contribution in [2.75, 3.05) is 0 Å². The van der Waals surface area contributed by atoms with Crippen molar-refractivity contribution in [3.63, 3.8) is 0 Å². The summed E-state index contributed by atoms with van der Waals surface area (Å²) in [6.45, 7) is 11.8. The molecule has 0 amide bonds. The Kier molecular flexibility index (Phi) is 5.19. The molecule has 3 heteroatoms. The van der Waals surface area contributed by atoms with Gasteiger partial charge in [-0.3, -0.25) is 4.79 Å². The van der Waals surface area contributed by atoms with Gasteiger partial charge in [0.2, 0.25) is 0 Å². The molecule has 0 saturated heterocycles. The molecule has 3 nitrogen and oxygen atoms in total. The summed E-state index contributed by atoms with van der Waals surface area (Å²) in [6.07, 6.45) is 3.59. The molecule has 0 bridgehead atoms. The maximum absolute atomic E-state index is 11.8. The molecule has 0 aliphatic heterocycles. The van der Waals surface area contributed by atoms with E-state index in [1.165, 1.54) is 6.08 Å². The van der Waals surface area contributed by atoms with E-state index >= 15 is 0 Å². The van der Waals surface area contributed by atoms with Crippen molar-refractivity contribution < 1.29 is 15.0 Å². The van der Waals surface area contributed by atoms with Crippen LogP contribution >= 0.6 is 0 Å². The summed E-state index contributed by atoms with van der Waals surface area (Å²) in [5, 5.41) is 19.8. The molecule has 19 heavy (non-hydrogen) atoms. The Morgan fingerprint density at radius 1 is 1.37 bits per heavy atom. The molecule has 5 atom stereocenters.